The fourth-order valence-electron chi connectivity index (χ4n) is 5.00. The minimum atomic E-state index is -4.38. The zero-order valence-electron chi connectivity index (χ0n) is 35.0. The van der Waals surface area contributed by atoms with Gasteiger partial charge in [-0.25, -0.2) is 4.57 Å². The molecule has 0 aromatic heterocycles. The Morgan fingerprint density at radius 2 is 1.04 bits per heavy atom. The van der Waals surface area contributed by atoms with Crippen molar-refractivity contribution < 1.29 is 37.6 Å². The number of nitrogens with one attached hydrogen (secondary N) is 1. The molecule has 0 rings (SSSR count). The molecule has 0 bridgehead atoms. The van der Waals surface area contributed by atoms with E-state index in [4.69, 9.17) is 18.5 Å². The number of rotatable bonds is 38. The van der Waals surface area contributed by atoms with Crippen LogP contribution in [0.2, 0.25) is 0 Å². The molecular formula is C46H76NO8P. The summed E-state index contributed by atoms with van der Waals surface area (Å²) in [4.78, 5) is 35.0. The number of carbonyl (C=O) groups is 2. The smallest absolute Gasteiger partial charge is 0.462 e. The predicted molar refractivity (Wildman–Crippen MR) is 233 cm³/mol. The van der Waals surface area contributed by atoms with Gasteiger partial charge in [-0.05, 0) is 96.9 Å². The topological polar surface area (TPSA) is 120 Å². The SMILES string of the molecule is CC/C=C\C/C=C\C/C=C\C/C=C\CCCCCCC(=O)OCC(COP(=O)(O)OCCNC)OC(=O)CCC/C=C\C/C=C\C/C=C\C/C=C\CCCCC. The molecule has 0 radical (unpaired) electrons. The average molecular weight is 802 g/mol. The summed E-state index contributed by atoms with van der Waals surface area (Å²) in [5.41, 5.74) is 0. The zero-order chi connectivity index (χ0) is 41.1. The summed E-state index contributed by atoms with van der Waals surface area (Å²) in [5.74, 6) is -0.911. The van der Waals surface area contributed by atoms with E-state index in [0.717, 1.165) is 70.6 Å². The number of hydrogen-bond acceptors (Lipinski definition) is 8. The highest BCUT2D eigenvalue weighted by Gasteiger charge is 2.26. The second kappa shape index (κ2) is 41.6. The van der Waals surface area contributed by atoms with Crippen LogP contribution in [-0.4, -0.2) is 56.3 Å². The molecule has 2 unspecified atom stereocenters. The van der Waals surface area contributed by atoms with Gasteiger partial charge in [-0.1, -0.05) is 137 Å². The number of ether oxygens (including phenoxy) is 2. The Hall–Kier alpha value is -3.07. The maximum absolute atomic E-state index is 12.6. The molecule has 10 heteroatoms. The van der Waals surface area contributed by atoms with Crippen LogP contribution in [0.15, 0.2) is 97.2 Å². The van der Waals surface area contributed by atoms with Crippen LogP contribution in [0.25, 0.3) is 0 Å². The number of hydrogen-bond donors (Lipinski definition) is 2. The number of phosphoric acid groups is 1. The maximum atomic E-state index is 12.6. The molecule has 0 spiro atoms. The number of phosphoric ester groups is 1. The first-order valence-corrected chi connectivity index (χ1v) is 22.7. The van der Waals surface area contributed by atoms with Gasteiger partial charge in [0.25, 0.3) is 0 Å². The third-order valence-electron chi connectivity index (χ3n) is 8.19. The minimum Gasteiger partial charge on any atom is -0.462 e. The van der Waals surface area contributed by atoms with Crippen LogP contribution in [0.5, 0.6) is 0 Å². The average Bonchev–Trinajstić information content (AvgIpc) is 3.18. The molecule has 0 aromatic rings. The Morgan fingerprint density at radius 1 is 0.571 bits per heavy atom. The quantitative estimate of drug-likeness (QED) is 0.0272. The summed E-state index contributed by atoms with van der Waals surface area (Å²) in [6.07, 6.45) is 51.7. The highest BCUT2D eigenvalue weighted by Crippen LogP contribution is 2.43. The number of likely N-dealkylation sites (N-methyl/N-ethyl adjacent to an activating group) is 1. The third kappa shape index (κ3) is 40.6. The lowest BCUT2D eigenvalue weighted by atomic mass is 10.1. The van der Waals surface area contributed by atoms with Crippen LogP contribution in [0.1, 0.15) is 142 Å². The van der Waals surface area contributed by atoms with E-state index >= 15 is 0 Å². The minimum absolute atomic E-state index is 0.0371. The van der Waals surface area contributed by atoms with Gasteiger partial charge >= 0.3 is 19.8 Å². The summed E-state index contributed by atoms with van der Waals surface area (Å²) < 4.78 is 33.1. The standard InChI is InChI=1S/C46H76NO8P/c1-4-6-8-10-12-14-16-18-20-22-24-26-28-30-32-34-36-38-45(48)52-42-44(43-54-56(50,51)53-41-40-47-3)55-46(49)39-37-35-33-31-29-27-25-23-21-19-17-15-13-11-9-7-5-2/h6,8,12-15,18-21,24-27,31,33,44,47H,4-5,7,9-11,16-17,22-23,28-30,32,34-43H2,1-3H3,(H,50,51)/b8-6-,14-12-,15-13-,20-18-,21-19-,26-24-,27-25-,33-31-. The molecule has 0 saturated heterocycles. The van der Waals surface area contributed by atoms with E-state index in [1.165, 1.54) is 25.7 Å². The molecule has 0 aliphatic heterocycles. The highest BCUT2D eigenvalue weighted by molar-refractivity contribution is 7.47. The van der Waals surface area contributed by atoms with Crippen molar-refractivity contribution in [1.82, 2.24) is 5.32 Å². The molecular weight excluding hydrogens is 725 g/mol. The van der Waals surface area contributed by atoms with Crippen LogP contribution < -0.4 is 5.32 Å². The summed E-state index contributed by atoms with van der Waals surface area (Å²) in [5, 5.41) is 2.81. The normalized spacial score (nSPS) is 14.3. The molecule has 9 nitrogen and oxygen atoms in total. The van der Waals surface area contributed by atoms with Crippen LogP contribution >= 0.6 is 7.82 Å². The van der Waals surface area contributed by atoms with E-state index in [-0.39, 0.29) is 26.1 Å². The molecule has 0 amide bonds. The van der Waals surface area contributed by atoms with Crippen molar-refractivity contribution in [3.8, 4) is 0 Å². The first-order valence-electron chi connectivity index (χ1n) is 21.2. The molecule has 0 saturated carbocycles. The summed E-state index contributed by atoms with van der Waals surface area (Å²) >= 11 is 0. The van der Waals surface area contributed by atoms with Crippen LogP contribution in [0, 0.1) is 0 Å². The van der Waals surface area contributed by atoms with Gasteiger partial charge in [-0.2, -0.15) is 0 Å². The Bertz CT molecular complexity index is 1230. The monoisotopic (exact) mass is 802 g/mol. The van der Waals surface area contributed by atoms with Gasteiger partial charge < -0.3 is 19.7 Å². The first-order chi connectivity index (χ1) is 27.3. The second-order valence-electron chi connectivity index (χ2n) is 13.4. The van der Waals surface area contributed by atoms with Gasteiger partial charge in [0, 0.05) is 19.4 Å². The van der Waals surface area contributed by atoms with E-state index < -0.39 is 32.5 Å². The molecule has 0 aromatic carbocycles. The predicted octanol–water partition coefficient (Wildman–Crippen LogP) is 12.1. The lowest BCUT2D eigenvalue weighted by Crippen LogP contribution is -2.29. The number of carbonyl (C=O) groups excluding carboxylic acids is 2. The Labute approximate surface area is 340 Å². The number of unbranched alkanes of at least 4 members (excludes halogenated alkanes) is 8. The Kier molecular flexibility index (Phi) is 39.3. The second-order valence-corrected chi connectivity index (χ2v) is 14.9. The van der Waals surface area contributed by atoms with Gasteiger partial charge in [0.1, 0.15) is 6.61 Å². The summed E-state index contributed by atoms with van der Waals surface area (Å²) in [7, 11) is -2.69. The van der Waals surface area contributed by atoms with Crippen molar-refractivity contribution in [2.45, 2.75) is 148 Å². The molecule has 2 N–H and O–H groups in total. The van der Waals surface area contributed by atoms with Crippen molar-refractivity contribution >= 4 is 19.8 Å². The first kappa shape index (κ1) is 52.9. The van der Waals surface area contributed by atoms with Gasteiger partial charge in [-0.15, -0.1) is 0 Å². The van der Waals surface area contributed by atoms with E-state index in [1.807, 2.05) is 6.08 Å². The lowest BCUT2D eigenvalue weighted by Gasteiger charge is -2.20. The number of esters is 2. The fourth-order valence-corrected chi connectivity index (χ4v) is 5.76. The number of allylic oxidation sites excluding steroid dienone is 16. The molecule has 2 atom stereocenters. The van der Waals surface area contributed by atoms with Crippen LogP contribution in [0.4, 0.5) is 0 Å². The van der Waals surface area contributed by atoms with Gasteiger partial charge in [0.2, 0.25) is 0 Å². The fraction of sp³-hybridized carbons (Fsp3) is 0.609. The molecule has 0 heterocycles. The third-order valence-corrected chi connectivity index (χ3v) is 9.17. The van der Waals surface area contributed by atoms with Crippen molar-refractivity contribution in [2.24, 2.45) is 0 Å². The summed E-state index contributed by atoms with van der Waals surface area (Å²) in [6.45, 7) is 3.96. The zero-order valence-corrected chi connectivity index (χ0v) is 35.9. The largest absolute Gasteiger partial charge is 0.472 e. The van der Waals surface area contributed by atoms with E-state index in [0.29, 0.717) is 25.8 Å². The molecule has 56 heavy (non-hydrogen) atoms. The van der Waals surface area contributed by atoms with Crippen molar-refractivity contribution in [2.75, 3.05) is 33.4 Å². The summed E-state index contributed by atoms with van der Waals surface area (Å²) in [6, 6.07) is 0. The van der Waals surface area contributed by atoms with E-state index in [1.54, 1.807) is 7.05 Å². The molecule has 0 aliphatic rings. The van der Waals surface area contributed by atoms with Crippen LogP contribution in [-0.2, 0) is 32.7 Å². The molecule has 0 aliphatic carbocycles. The van der Waals surface area contributed by atoms with E-state index in [9.17, 15) is 19.0 Å². The van der Waals surface area contributed by atoms with Crippen molar-refractivity contribution in [1.29, 1.82) is 0 Å². The maximum Gasteiger partial charge on any atom is 0.472 e. The van der Waals surface area contributed by atoms with Crippen LogP contribution in [0.3, 0.4) is 0 Å². The van der Waals surface area contributed by atoms with Gasteiger partial charge in [0.15, 0.2) is 6.10 Å². The molecule has 318 valence electrons. The lowest BCUT2D eigenvalue weighted by molar-refractivity contribution is -0.161. The molecule has 0 fully saturated rings. The van der Waals surface area contributed by atoms with Crippen molar-refractivity contribution in [3.63, 3.8) is 0 Å². The van der Waals surface area contributed by atoms with Gasteiger partial charge in [-0.3, -0.25) is 18.6 Å². The Morgan fingerprint density at radius 3 is 1.55 bits per heavy atom. The Balaban J connectivity index is 4.41. The van der Waals surface area contributed by atoms with E-state index in [2.05, 4.69) is 110 Å². The van der Waals surface area contributed by atoms with Gasteiger partial charge in [0.05, 0.1) is 13.2 Å². The highest BCUT2D eigenvalue weighted by atomic mass is 31.2. The van der Waals surface area contributed by atoms with Crippen molar-refractivity contribution in [3.05, 3.63) is 97.2 Å².